The van der Waals surface area contributed by atoms with Gasteiger partial charge in [0.2, 0.25) is 5.91 Å². The molecule has 1 amide bonds. The molecule has 3 aromatic rings. The lowest BCUT2D eigenvalue weighted by atomic mass is 10.1. The predicted molar refractivity (Wildman–Crippen MR) is 97.1 cm³/mol. The van der Waals surface area contributed by atoms with Crippen LogP contribution in [-0.4, -0.2) is 16.1 Å². The average molecular weight is 340 g/mol. The molecule has 2 heterocycles. The van der Waals surface area contributed by atoms with Gasteiger partial charge in [-0.05, 0) is 50.1 Å². The Hall–Kier alpha value is -2.27. The molecule has 0 radical (unpaired) electrons. The molecule has 0 bridgehead atoms. The Balaban J connectivity index is 1.71. The topological polar surface area (TPSA) is 55.1 Å². The number of amides is 1. The van der Waals surface area contributed by atoms with E-state index >= 15 is 0 Å². The minimum atomic E-state index is -0.228. The molecule has 1 aromatic carbocycles. The first-order valence-corrected chi connectivity index (χ1v) is 8.76. The van der Waals surface area contributed by atoms with E-state index in [4.69, 9.17) is 9.40 Å². The molecule has 3 rings (SSSR count). The minimum Gasteiger partial charge on any atom is -0.467 e. The molecule has 0 fully saturated rings. The number of aromatic nitrogens is 1. The number of carbonyl (C=O) groups excluding carboxylic acids is 1. The Bertz CT molecular complexity index is 859. The van der Waals surface area contributed by atoms with Crippen molar-refractivity contribution in [2.45, 2.75) is 37.6 Å². The smallest absolute Gasteiger partial charge is 0.233 e. The minimum absolute atomic E-state index is 0.0271. The van der Waals surface area contributed by atoms with Gasteiger partial charge in [-0.1, -0.05) is 30.0 Å². The van der Waals surface area contributed by atoms with E-state index in [1.54, 1.807) is 6.26 Å². The van der Waals surface area contributed by atoms with Crippen LogP contribution in [0.4, 0.5) is 0 Å². The summed E-state index contributed by atoms with van der Waals surface area (Å²) in [6.45, 7) is 6.43. The molecule has 124 valence electrons. The van der Waals surface area contributed by atoms with Crippen molar-refractivity contribution in [3.05, 3.63) is 59.5 Å². The number of thioether (sulfide) groups is 1. The molecule has 0 aliphatic rings. The average Bonchev–Trinajstić information content (AvgIpc) is 3.07. The van der Waals surface area contributed by atoms with Crippen LogP contribution in [0.5, 0.6) is 0 Å². The van der Waals surface area contributed by atoms with Gasteiger partial charge in [-0.2, -0.15) is 0 Å². The predicted octanol–water partition coefficient (Wildman–Crippen LogP) is 4.24. The number of furan rings is 1. The maximum absolute atomic E-state index is 12.3. The second-order valence-electron chi connectivity index (χ2n) is 5.81. The monoisotopic (exact) mass is 340 g/mol. The first kappa shape index (κ1) is 16.6. The number of carbonyl (C=O) groups is 1. The molecule has 5 heteroatoms. The van der Waals surface area contributed by atoms with Crippen LogP contribution >= 0.6 is 11.8 Å². The van der Waals surface area contributed by atoms with Crippen molar-refractivity contribution in [3.63, 3.8) is 0 Å². The summed E-state index contributed by atoms with van der Waals surface area (Å²) in [5.41, 5.74) is 3.32. The van der Waals surface area contributed by atoms with E-state index in [2.05, 4.69) is 31.3 Å². The molecule has 1 N–H and O–H groups in total. The van der Waals surface area contributed by atoms with E-state index < -0.39 is 0 Å². The third-order valence-electron chi connectivity index (χ3n) is 3.91. The molecule has 24 heavy (non-hydrogen) atoms. The second-order valence-corrected chi connectivity index (χ2v) is 7.17. The van der Waals surface area contributed by atoms with Gasteiger partial charge in [0.15, 0.2) is 0 Å². The quantitative estimate of drug-likeness (QED) is 0.706. The van der Waals surface area contributed by atoms with Gasteiger partial charge in [-0.3, -0.25) is 4.79 Å². The van der Waals surface area contributed by atoms with Crippen molar-refractivity contribution in [1.29, 1.82) is 0 Å². The molecule has 0 saturated carbocycles. The number of nitrogens with zero attached hydrogens (tertiary/aromatic N) is 1. The highest BCUT2D eigenvalue weighted by Gasteiger charge is 2.16. The highest BCUT2D eigenvalue weighted by molar-refractivity contribution is 8.00. The maximum atomic E-state index is 12.3. The summed E-state index contributed by atoms with van der Waals surface area (Å²) in [5.74, 6) is 0.719. The molecule has 0 saturated heterocycles. The highest BCUT2D eigenvalue weighted by atomic mass is 32.2. The zero-order valence-electron chi connectivity index (χ0n) is 14.0. The fourth-order valence-electron chi connectivity index (χ4n) is 2.56. The third kappa shape index (κ3) is 3.62. The molecule has 0 aliphatic carbocycles. The molecule has 0 spiro atoms. The van der Waals surface area contributed by atoms with Crippen LogP contribution in [0.25, 0.3) is 10.9 Å². The number of fused-ring (bicyclic) bond motifs is 1. The largest absolute Gasteiger partial charge is 0.467 e. The van der Waals surface area contributed by atoms with Crippen LogP contribution in [-0.2, 0) is 11.3 Å². The van der Waals surface area contributed by atoms with Gasteiger partial charge < -0.3 is 9.73 Å². The van der Waals surface area contributed by atoms with Gasteiger partial charge in [0.1, 0.15) is 5.76 Å². The van der Waals surface area contributed by atoms with Crippen LogP contribution in [0.15, 0.2) is 52.1 Å². The Labute approximate surface area is 145 Å². The third-order valence-corrected chi connectivity index (χ3v) is 4.93. The number of nitrogens with one attached hydrogen (secondary N) is 1. The molecule has 1 atom stereocenters. The van der Waals surface area contributed by atoms with Crippen LogP contribution in [0.3, 0.4) is 0 Å². The van der Waals surface area contributed by atoms with Gasteiger partial charge in [0, 0.05) is 5.39 Å². The van der Waals surface area contributed by atoms with Crippen LogP contribution in [0.2, 0.25) is 0 Å². The summed E-state index contributed by atoms with van der Waals surface area (Å²) in [4.78, 5) is 17.0. The number of pyridine rings is 1. The van der Waals surface area contributed by atoms with E-state index in [0.29, 0.717) is 6.54 Å². The maximum Gasteiger partial charge on any atom is 0.233 e. The van der Waals surface area contributed by atoms with E-state index in [1.807, 2.05) is 31.2 Å². The summed E-state index contributed by atoms with van der Waals surface area (Å²) in [7, 11) is 0. The number of benzene rings is 1. The van der Waals surface area contributed by atoms with E-state index in [1.165, 1.54) is 17.3 Å². The van der Waals surface area contributed by atoms with Crippen molar-refractivity contribution >= 4 is 28.6 Å². The molecular weight excluding hydrogens is 320 g/mol. The van der Waals surface area contributed by atoms with E-state index in [-0.39, 0.29) is 11.2 Å². The zero-order chi connectivity index (χ0) is 17.1. The van der Waals surface area contributed by atoms with Crippen molar-refractivity contribution in [2.24, 2.45) is 0 Å². The molecule has 0 unspecified atom stereocenters. The second kappa shape index (κ2) is 7.09. The van der Waals surface area contributed by atoms with E-state index in [0.717, 1.165) is 27.3 Å². The van der Waals surface area contributed by atoms with Crippen molar-refractivity contribution in [3.8, 4) is 0 Å². The summed E-state index contributed by atoms with van der Waals surface area (Å²) in [6.07, 6.45) is 1.60. The normalized spacial score (nSPS) is 12.3. The lowest BCUT2D eigenvalue weighted by Gasteiger charge is -2.13. The Morgan fingerprint density at radius 2 is 2.08 bits per heavy atom. The molecular formula is C19H20N2O2S. The standard InChI is InChI=1S/C19H20N2O2S/c1-12-6-4-8-16-13(2)10-17(21-18(12)16)24-14(3)19(22)20-11-15-7-5-9-23-15/h4-10,14H,11H2,1-3H3,(H,20,22)/t14-/m0/s1. The lowest BCUT2D eigenvalue weighted by Crippen LogP contribution is -2.30. The lowest BCUT2D eigenvalue weighted by molar-refractivity contribution is -0.120. The molecule has 0 aliphatic heterocycles. The number of rotatable bonds is 5. The van der Waals surface area contributed by atoms with Crippen LogP contribution < -0.4 is 5.32 Å². The van der Waals surface area contributed by atoms with Gasteiger partial charge >= 0.3 is 0 Å². The first-order valence-electron chi connectivity index (χ1n) is 7.88. The van der Waals surface area contributed by atoms with Crippen LogP contribution in [0.1, 0.15) is 23.8 Å². The summed E-state index contributed by atoms with van der Waals surface area (Å²) in [5, 5.41) is 4.69. The summed E-state index contributed by atoms with van der Waals surface area (Å²) < 4.78 is 5.23. The van der Waals surface area contributed by atoms with Crippen molar-refractivity contribution < 1.29 is 9.21 Å². The Kier molecular flexibility index (Phi) is 4.90. The van der Waals surface area contributed by atoms with E-state index in [9.17, 15) is 4.79 Å². The molecule has 2 aromatic heterocycles. The summed E-state index contributed by atoms with van der Waals surface area (Å²) in [6, 6.07) is 11.9. The van der Waals surface area contributed by atoms with Gasteiger partial charge in [0.25, 0.3) is 0 Å². The van der Waals surface area contributed by atoms with Gasteiger partial charge in [-0.15, -0.1) is 0 Å². The van der Waals surface area contributed by atoms with Crippen molar-refractivity contribution in [1.82, 2.24) is 10.3 Å². The highest BCUT2D eigenvalue weighted by Crippen LogP contribution is 2.28. The number of para-hydroxylation sites is 1. The Morgan fingerprint density at radius 1 is 1.25 bits per heavy atom. The molecule has 4 nitrogen and oxygen atoms in total. The summed E-state index contributed by atoms with van der Waals surface area (Å²) >= 11 is 1.47. The number of hydrogen-bond donors (Lipinski definition) is 1. The van der Waals surface area contributed by atoms with Gasteiger partial charge in [0.05, 0.1) is 28.6 Å². The van der Waals surface area contributed by atoms with Crippen LogP contribution in [0, 0.1) is 13.8 Å². The number of aryl methyl sites for hydroxylation is 2. The number of hydrogen-bond acceptors (Lipinski definition) is 4. The Morgan fingerprint density at radius 3 is 2.83 bits per heavy atom. The zero-order valence-corrected chi connectivity index (χ0v) is 14.8. The van der Waals surface area contributed by atoms with Gasteiger partial charge in [-0.25, -0.2) is 4.98 Å². The fourth-order valence-corrected chi connectivity index (χ4v) is 3.50. The van der Waals surface area contributed by atoms with Crippen molar-refractivity contribution in [2.75, 3.05) is 0 Å². The SMILES string of the molecule is Cc1cc(S[C@@H](C)C(=O)NCc2ccco2)nc2c(C)cccc12. The fraction of sp³-hybridized carbons (Fsp3) is 0.263. The first-order chi connectivity index (χ1) is 11.5.